The third kappa shape index (κ3) is 4.59. The molecule has 0 aliphatic carbocycles. The molecule has 1 aliphatic rings. The van der Waals surface area contributed by atoms with Gasteiger partial charge in [-0.25, -0.2) is 8.42 Å². The van der Waals surface area contributed by atoms with Crippen LogP contribution in [0.25, 0.3) is 0 Å². The van der Waals surface area contributed by atoms with Crippen LogP contribution in [0.2, 0.25) is 4.34 Å². The van der Waals surface area contributed by atoms with Crippen molar-refractivity contribution in [3.05, 3.63) is 39.7 Å². The molecule has 0 fully saturated rings. The maximum atomic E-state index is 13.3. The Kier molecular flexibility index (Phi) is 7.28. The number of halogens is 1. The van der Waals surface area contributed by atoms with Gasteiger partial charge in [-0.05, 0) is 55.7 Å². The third-order valence-electron chi connectivity index (χ3n) is 4.81. The average molecular weight is 474 g/mol. The van der Waals surface area contributed by atoms with E-state index in [-0.39, 0.29) is 17.2 Å². The SMILES string of the molecule is CCOc1cc2c(cc1OCC)[C@H](CC(=O)OC)N(S(=O)(=O)c1ccc(Cl)s1)CC2. The summed E-state index contributed by atoms with van der Waals surface area (Å²) in [5.74, 6) is 0.631. The normalized spacial score (nSPS) is 16.7. The Hall–Kier alpha value is -1.81. The second-order valence-corrected chi connectivity index (χ2v) is 10.4. The van der Waals surface area contributed by atoms with Crippen LogP contribution < -0.4 is 9.47 Å². The number of hydrogen-bond acceptors (Lipinski definition) is 7. The lowest BCUT2D eigenvalue weighted by Gasteiger charge is -2.36. The van der Waals surface area contributed by atoms with Gasteiger partial charge in [0.2, 0.25) is 0 Å². The van der Waals surface area contributed by atoms with Gasteiger partial charge in [0.25, 0.3) is 10.0 Å². The van der Waals surface area contributed by atoms with Gasteiger partial charge in [-0.15, -0.1) is 11.3 Å². The molecular formula is C20H24ClNO6S2. The van der Waals surface area contributed by atoms with Crippen molar-refractivity contribution in [1.82, 2.24) is 4.31 Å². The first-order valence-corrected chi connectivity index (χ1v) is 12.2. The van der Waals surface area contributed by atoms with Crippen LogP contribution >= 0.6 is 22.9 Å². The largest absolute Gasteiger partial charge is 0.490 e. The van der Waals surface area contributed by atoms with Gasteiger partial charge in [-0.1, -0.05) is 11.6 Å². The van der Waals surface area contributed by atoms with E-state index in [9.17, 15) is 13.2 Å². The smallest absolute Gasteiger partial charge is 0.307 e. The summed E-state index contributed by atoms with van der Waals surface area (Å²) in [6, 6.07) is 5.97. The van der Waals surface area contributed by atoms with E-state index in [0.717, 1.165) is 16.9 Å². The number of carbonyl (C=O) groups excluding carboxylic acids is 1. The first kappa shape index (κ1) is 22.9. The summed E-state index contributed by atoms with van der Waals surface area (Å²) in [6.07, 6.45) is 0.374. The number of hydrogen-bond donors (Lipinski definition) is 0. The van der Waals surface area contributed by atoms with E-state index >= 15 is 0 Å². The standard InChI is InChI=1S/C20H24ClNO6S2/c1-4-27-16-10-13-8-9-22(30(24,25)20-7-6-18(21)29-20)15(12-19(23)26-3)14(13)11-17(16)28-5-2/h6-7,10-11,15H,4-5,8-9,12H2,1-3H3/t15-/m0/s1. The molecular weight excluding hydrogens is 450 g/mol. The molecule has 1 atom stereocenters. The second-order valence-electron chi connectivity index (χ2n) is 6.58. The summed E-state index contributed by atoms with van der Waals surface area (Å²) in [7, 11) is -2.56. The second kappa shape index (κ2) is 9.55. The zero-order valence-electron chi connectivity index (χ0n) is 17.0. The molecule has 3 rings (SSSR count). The summed E-state index contributed by atoms with van der Waals surface area (Å²) in [6.45, 7) is 4.88. The van der Waals surface area contributed by atoms with Crippen LogP contribution in [0.1, 0.15) is 37.4 Å². The quantitative estimate of drug-likeness (QED) is 0.538. The molecule has 2 heterocycles. The van der Waals surface area contributed by atoms with Crippen molar-refractivity contribution in [2.24, 2.45) is 0 Å². The first-order chi connectivity index (χ1) is 14.3. The number of methoxy groups -OCH3 is 1. The van der Waals surface area contributed by atoms with E-state index in [1.54, 1.807) is 12.1 Å². The fraction of sp³-hybridized carbons (Fsp3) is 0.450. The van der Waals surface area contributed by atoms with Crippen molar-refractivity contribution in [3.63, 3.8) is 0 Å². The molecule has 0 radical (unpaired) electrons. The van der Waals surface area contributed by atoms with Gasteiger partial charge < -0.3 is 14.2 Å². The minimum atomic E-state index is -3.84. The minimum absolute atomic E-state index is 0.110. The van der Waals surface area contributed by atoms with Gasteiger partial charge in [-0.2, -0.15) is 4.31 Å². The summed E-state index contributed by atoms with van der Waals surface area (Å²) >= 11 is 6.95. The van der Waals surface area contributed by atoms with E-state index < -0.39 is 22.0 Å². The monoisotopic (exact) mass is 473 g/mol. The molecule has 0 spiro atoms. The van der Waals surface area contributed by atoms with E-state index in [4.69, 9.17) is 25.8 Å². The van der Waals surface area contributed by atoms with Gasteiger partial charge in [0.1, 0.15) is 4.21 Å². The summed E-state index contributed by atoms with van der Waals surface area (Å²) in [5.41, 5.74) is 1.64. The molecule has 2 aromatic rings. The molecule has 1 aromatic heterocycles. The Morgan fingerprint density at radius 1 is 1.20 bits per heavy atom. The number of fused-ring (bicyclic) bond motifs is 1. The Balaban J connectivity index is 2.10. The number of thiophene rings is 1. The molecule has 10 heteroatoms. The first-order valence-electron chi connectivity index (χ1n) is 9.58. The van der Waals surface area contributed by atoms with E-state index in [2.05, 4.69) is 0 Å². The van der Waals surface area contributed by atoms with Crippen molar-refractivity contribution in [3.8, 4) is 11.5 Å². The molecule has 0 N–H and O–H groups in total. The topological polar surface area (TPSA) is 82.1 Å². The zero-order valence-corrected chi connectivity index (χ0v) is 19.4. The molecule has 0 amide bonds. The minimum Gasteiger partial charge on any atom is -0.490 e. The molecule has 7 nitrogen and oxygen atoms in total. The van der Waals surface area contributed by atoms with Crippen LogP contribution in [-0.2, 0) is 26.0 Å². The molecule has 0 saturated carbocycles. The van der Waals surface area contributed by atoms with Crippen LogP contribution in [0, 0.1) is 0 Å². The van der Waals surface area contributed by atoms with Gasteiger partial charge in [0.05, 0.1) is 37.1 Å². The highest BCUT2D eigenvalue weighted by molar-refractivity contribution is 7.91. The highest BCUT2D eigenvalue weighted by atomic mass is 35.5. The van der Waals surface area contributed by atoms with Gasteiger partial charge in [0, 0.05) is 6.54 Å². The molecule has 30 heavy (non-hydrogen) atoms. The molecule has 0 unspecified atom stereocenters. The number of benzene rings is 1. The summed E-state index contributed by atoms with van der Waals surface area (Å²) in [4.78, 5) is 12.2. The maximum Gasteiger partial charge on any atom is 0.307 e. The lowest BCUT2D eigenvalue weighted by molar-refractivity contribution is -0.141. The number of sulfonamides is 1. The van der Waals surface area contributed by atoms with Crippen molar-refractivity contribution in [2.45, 2.75) is 36.9 Å². The average Bonchev–Trinajstić information content (AvgIpc) is 3.16. The summed E-state index contributed by atoms with van der Waals surface area (Å²) in [5, 5.41) is 0. The molecule has 1 aliphatic heterocycles. The fourth-order valence-electron chi connectivity index (χ4n) is 3.52. The van der Waals surface area contributed by atoms with Crippen LogP contribution in [-0.4, -0.2) is 45.6 Å². The molecule has 1 aromatic carbocycles. The third-order valence-corrected chi connectivity index (χ3v) is 8.42. The zero-order chi connectivity index (χ0) is 21.9. The highest BCUT2D eigenvalue weighted by Gasteiger charge is 2.39. The summed E-state index contributed by atoms with van der Waals surface area (Å²) < 4.78 is 44.8. The lowest BCUT2D eigenvalue weighted by atomic mass is 9.91. The number of ether oxygens (including phenoxy) is 3. The Morgan fingerprint density at radius 3 is 2.43 bits per heavy atom. The van der Waals surface area contributed by atoms with Gasteiger partial charge >= 0.3 is 5.97 Å². The van der Waals surface area contributed by atoms with Crippen LogP contribution in [0.15, 0.2) is 28.5 Å². The Morgan fingerprint density at radius 2 is 1.87 bits per heavy atom. The van der Waals surface area contributed by atoms with Gasteiger partial charge in [-0.3, -0.25) is 4.79 Å². The van der Waals surface area contributed by atoms with Crippen molar-refractivity contribution in [2.75, 3.05) is 26.9 Å². The van der Waals surface area contributed by atoms with E-state index in [1.165, 1.54) is 17.5 Å². The highest BCUT2D eigenvalue weighted by Crippen LogP contribution is 2.42. The predicted molar refractivity (Wildman–Crippen MR) is 115 cm³/mol. The van der Waals surface area contributed by atoms with Crippen molar-refractivity contribution < 1.29 is 27.4 Å². The van der Waals surface area contributed by atoms with Crippen LogP contribution in [0.3, 0.4) is 0 Å². The van der Waals surface area contributed by atoms with E-state index in [1.807, 2.05) is 19.9 Å². The Bertz CT molecular complexity index is 1020. The number of rotatable bonds is 8. The van der Waals surface area contributed by atoms with Gasteiger partial charge in [0.15, 0.2) is 11.5 Å². The predicted octanol–water partition coefficient (Wildman–Crippen LogP) is 4.05. The van der Waals surface area contributed by atoms with Crippen molar-refractivity contribution >= 4 is 38.9 Å². The van der Waals surface area contributed by atoms with Crippen LogP contribution in [0.5, 0.6) is 11.5 Å². The number of carbonyl (C=O) groups is 1. The fourth-order valence-corrected chi connectivity index (χ4v) is 6.73. The number of nitrogens with zero attached hydrogens (tertiary/aromatic N) is 1. The van der Waals surface area contributed by atoms with E-state index in [0.29, 0.717) is 41.0 Å². The van der Waals surface area contributed by atoms with Crippen molar-refractivity contribution in [1.29, 1.82) is 0 Å². The molecule has 0 saturated heterocycles. The van der Waals surface area contributed by atoms with Crippen LogP contribution in [0.4, 0.5) is 0 Å². The Labute approximate surface area is 185 Å². The lowest BCUT2D eigenvalue weighted by Crippen LogP contribution is -2.40. The number of esters is 1. The maximum absolute atomic E-state index is 13.3. The molecule has 164 valence electrons. The molecule has 0 bridgehead atoms.